The van der Waals surface area contributed by atoms with Crippen LogP contribution in [0.5, 0.6) is 0 Å². The topological polar surface area (TPSA) is 89.9 Å². The minimum atomic E-state index is -1.77. The monoisotopic (exact) mass is 272 g/mol. The van der Waals surface area contributed by atoms with Crippen molar-refractivity contribution in [3.8, 4) is 0 Å². The van der Waals surface area contributed by atoms with Gasteiger partial charge in [-0.15, -0.1) is 0 Å². The van der Waals surface area contributed by atoms with Crippen molar-refractivity contribution in [3.05, 3.63) is 0 Å². The van der Waals surface area contributed by atoms with Crippen LogP contribution >= 0.6 is 0 Å². The van der Waals surface area contributed by atoms with Gasteiger partial charge in [0.25, 0.3) is 0 Å². The quantitative estimate of drug-likeness (QED) is 0.783. The predicted molar refractivity (Wildman–Crippen MR) is 65.4 cm³/mol. The van der Waals surface area contributed by atoms with E-state index in [9.17, 15) is 19.5 Å². The standard InChI is InChI=1S/C13H20O6/c1-3-6-9-13(4-2,12(16)17)19-11(15)8-5-7-10(14)18-9/h9H,3-8H2,1-2H3,(H,16,17). The molecule has 0 saturated carbocycles. The second-order valence-electron chi connectivity index (χ2n) is 4.64. The van der Waals surface area contributed by atoms with Crippen LogP contribution in [0.15, 0.2) is 0 Å². The Morgan fingerprint density at radius 3 is 2.47 bits per heavy atom. The SMILES string of the molecule is CCCC1OC(=O)CCCC(=O)OC1(CC)C(=O)O. The molecule has 0 radical (unpaired) electrons. The van der Waals surface area contributed by atoms with Crippen LogP contribution in [0, 0.1) is 0 Å². The first kappa shape index (κ1) is 15.5. The zero-order valence-electron chi connectivity index (χ0n) is 11.3. The Morgan fingerprint density at radius 2 is 1.95 bits per heavy atom. The van der Waals surface area contributed by atoms with Crippen LogP contribution in [-0.2, 0) is 23.9 Å². The van der Waals surface area contributed by atoms with Gasteiger partial charge in [-0.1, -0.05) is 20.3 Å². The van der Waals surface area contributed by atoms with Crippen LogP contribution in [0.25, 0.3) is 0 Å². The molecule has 1 fully saturated rings. The fourth-order valence-corrected chi connectivity index (χ4v) is 2.20. The molecule has 0 spiro atoms. The second kappa shape index (κ2) is 6.54. The Morgan fingerprint density at radius 1 is 1.32 bits per heavy atom. The molecule has 2 unspecified atom stereocenters. The Hall–Kier alpha value is -1.59. The molecule has 0 aliphatic carbocycles. The van der Waals surface area contributed by atoms with E-state index in [-0.39, 0.29) is 19.3 Å². The van der Waals surface area contributed by atoms with Gasteiger partial charge < -0.3 is 14.6 Å². The van der Waals surface area contributed by atoms with Crippen LogP contribution in [-0.4, -0.2) is 34.7 Å². The fourth-order valence-electron chi connectivity index (χ4n) is 2.20. The number of esters is 2. The van der Waals surface area contributed by atoms with E-state index < -0.39 is 29.6 Å². The van der Waals surface area contributed by atoms with Gasteiger partial charge in [-0.25, -0.2) is 4.79 Å². The third-order valence-corrected chi connectivity index (χ3v) is 3.29. The Bertz CT molecular complexity index is 364. The molecule has 0 aromatic rings. The highest BCUT2D eigenvalue weighted by Crippen LogP contribution is 2.30. The second-order valence-corrected chi connectivity index (χ2v) is 4.64. The molecule has 108 valence electrons. The van der Waals surface area contributed by atoms with Gasteiger partial charge >= 0.3 is 17.9 Å². The number of carbonyl (C=O) groups is 3. The lowest BCUT2D eigenvalue weighted by Gasteiger charge is -2.34. The lowest BCUT2D eigenvalue weighted by Crippen LogP contribution is -2.54. The van der Waals surface area contributed by atoms with Gasteiger partial charge in [0.05, 0.1) is 0 Å². The van der Waals surface area contributed by atoms with E-state index in [4.69, 9.17) is 9.47 Å². The summed E-state index contributed by atoms with van der Waals surface area (Å²) < 4.78 is 10.4. The van der Waals surface area contributed by atoms with Gasteiger partial charge in [0.2, 0.25) is 5.60 Å². The van der Waals surface area contributed by atoms with Crippen molar-refractivity contribution in [2.75, 3.05) is 0 Å². The molecule has 0 aromatic heterocycles. The van der Waals surface area contributed by atoms with E-state index >= 15 is 0 Å². The highest BCUT2D eigenvalue weighted by atomic mass is 16.6. The average Bonchev–Trinajstić information content (AvgIpc) is 2.39. The number of ether oxygens (including phenoxy) is 2. The molecule has 1 rings (SSSR count). The summed E-state index contributed by atoms with van der Waals surface area (Å²) in [6.45, 7) is 3.46. The third kappa shape index (κ3) is 3.45. The number of hydrogen-bond acceptors (Lipinski definition) is 5. The molecule has 1 heterocycles. The summed E-state index contributed by atoms with van der Waals surface area (Å²) in [5.41, 5.74) is -1.77. The molecule has 6 heteroatoms. The van der Waals surface area contributed by atoms with Crippen LogP contribution in [0.1, 0.15) is 52.4 Å². The van der Waals surface area contributed by atoms with E-state index in [2.05, 4.69) is 0 Å². The number of carbonyl (C=O) groups excluding carboxylic acids is 2. The number of hydrogen-bond donors (Lipinski definition) is 1. The summed E-state index contributed by atoms with van der Waals surface area (Å²) in [5, 5.41) is 9.43. The first-order valence-corrected chi connectivity index (χ1v) is 6.61. The van der Waals surface area contributed by atoms with Crippen molar-refractivity contribution in [2.24, 2.45) is 0 Å². The smallest absolute Gasteiger partial charge is 0.352 e. The molecule has 0 bridgehead atoms. The van der Waals surface area contributed by atoms with E-state index in [1.54, 1.807) is 6.92 Å². The number of carboxylic acids is 1. The van der Waals surface area contributed by atoms with Gasteiger partial charge in [0.15, 0.2) is 6.10 Å². The molecule has 1 N–H and O–H groups in total. The first-order valence-electron chi connectivity index (χ1n) is 6.61. The number of rotatable bonds is 4. The van der Waals surface area contributed by atoms with Crippen molar-refractivity contribution in [3.63, 3.8) is 0 Å². The maximum absolute atomic E-state index is 11.7. The lowest BCUT2D eigenvalue weighted by atomic mass is 9.90. The maximum atomic E-state index is 11.7. The van der Waals surface area contributed by atoms with Crippen LogP contribution in [0.4, 0.5) is 0 Å². The summed E-state index contributed by atoms with van der Waals surface area (Å²) in [6.07, 6.45) is 0.554. The number of aliphatic carboxylic acids is 1. The molecule has 2 atom stereocenters. The van der Waals surface area contributed by atoms with Crippen LogP contribution in [0.2, 0.25) is 0 Å². The van der Waals surface area contributed by atoms with E-state index in [0.717, 1.165) is 0 Å². The summed E-state index contributed by atoms with van der Waals surface area (Å²) in [4.78, 5) is 34.9. The normalized spacial score (nSPS) is 28.6. The van der Waals surface area contributed by atoms with Crippen molar-refractivity contribution in [1.29, 1.82) is 0 Å². The summed E-state index contributed by atoms with van der Waals surface area (Å²) >= 11 is 0. The first-order chi connectivity index (χ1) is 8.96. The van der Waals surface area contributed by atoms with Crippen LogP contribution < -0.4 is 0 Å². The van der Waals surface area contributed by atoms with Crippen molar-refractivity contribution < 1.29 is 29.0 Å². The van der Waals surface area contributed by atoms with E-state index in [1.165, 1.54) is 0 Å². The van der Waals surface area contributed by atoms with Gasteiger partial charge in [-0.05, 0) is 19.3 Å². The summed E-state index contributed by atoms with van der Waals surface area (Å²) in [6, 6.07) is 0. The fraction of sp³-hybridized carbons (Fsp3) is 0.769. The molecule has 0 aromatic carbocycles. The van der Waals surface area contributed by atoms with Gasteiger partial charge in [0, 0.05) is 12.8 Å². The highest BCUT2D eigenvalue weighted by Gasteiger charge is 2.50. The van der Waals surface area contributed by atoms with Gasteiger partial charge in [-0.3, -0.25) is 9.59 Å². The zero-order chi connectivity index (χ0) is 14.5. The molecule has 1 saturated heterocycles. The van der Waals surface area contributed by atoms with Crippen molar-refractivity contribution in [1.82, 2.24) is 0 Å². The molecule has 1 aliphatic rings. The number of carboxylic acid groups (broad SMARTS) is 1. The minimum Gasteiger partial charge on any atom is -0.478 e. The van der Waals surface area contributed by atoms with Gasteiger partial charge in [0.1, 0.15) is 0 Å². The van der Waals surface area contributed by atoms with Crippen LogP contribution in [0.3, 0.4) is 0 Å². The summed E-state index contributed by atoms with van der Waals surface area (Å²) in [5.74, 6) is -2.34. The maximum Gasteiger partial charge on any atom is 0.352 e. The Balaban J connectivity index is 3.15. The minimum absolute atomic E-state index is 0.0307. The van der Waals surface area contributed by atoms with Crippen molar-refractivity contribution in [2.45, 2.75) is 64.1 Å². The molecule has 1 aliphatic heterocycles. The molecule has 6 nitrogen and oxygen atoms in total. The Kier molecular flexibility index (Phi) is 5.32. The number of cyclic esters (lactones) is 2. The molecule has 0 amide bonds. The zero-order valence-corrected chi connectivity index (χ0v) is 11.3. The summed E-state index contributed by atoms with van der Waals surface area (Å²) in [7, 11) is 0. The van der Waals surface area contributed by atoms with E-state index in [0.29, 0.717) is 19.3 Å². The average molecular weight is 272 g/mol. The van der Waals surface area contributed by atoms with Crippen molar-refractivity contribution >= 4 is 17.9 Å². The largest absolute Gasteiger partial charge is 0.478 e. The van der Waals surface area contributed by atoms with E-state index in [1.807, 2.05) is 6.92 Å². The highest BCUT2D eigenvalue weighted by molar-refractivity contribution is 5.84. The van der Waals surface area contributed by atoms with Gasteiger partial charge in [-0.2, -0.15) is 0 Å². The lowest BCUT2D eigenvalue weighted by molar-refractivity contribution is -0.200. The molecule has 19 heavy (non-hydrogen) atoms. The molecular weight excluding hydrogens is 252 g/mol. The third-order valence-electron chi connectivity index (χ3n) is 3.29. The predicted octanol–water partition coefficient (Wildman–Crippen LogP) is 1.66. The Labute approximate surface area is 112 Å². The molecular formula is C13H20O6.